The molecule has 5 heteroatoms. The lowest BCUT2D eigenvalue weighted by Crippen LogP contribution is -2.33. The zero-order valence-corrected chi connectivity index (χ0v) is 12.4. The monoisotopic (exact) mass is 289 g/mol. The predicted molar refractivity (Wildman–Crippen MR) is 80.1 cm³/mol. The van der Waals surface area contributed by atoms with Gasteiger partial charge in [0.1, 0.15) is 5.82 Å². The van der Waals surface area contributed by atoms with Gasteiger partial charge in [0.2, 0.25) is 0 Å². The smallest absolute Gasteiger partial charge is 0.261 e. The van der Waals surface area contributed by atoms with Gasteiger partial charge >= 0.3 is 0 Å². The van der Waals surface area contributed by atoms with Crippen molar-refractivity contribution in [3.8, 4) is 0 Å². The van der Waals surface area contributed by atoms with Crippen LogP contribution in [0.5, 0.6) is 0 Å². The fraction of sp³-hybridized carbons (Fsp3) is 0.467. The van der Waals surface area contributed by atoms with Crippen LogP contribution in [0.25, 0.3) is 0 Å². The second-order valence-electron chi connectivity index (χ2n) is 5.23. The predicted octanol–water partition coefficient (Wildman–Crippen LogP) is 2.50. The number of hydrogen-bond acceptors (Lipinski definition) is 3. The summed E-state index contributed by atoms with van der Waals surface area (Å²) in [5, 5.41) is 5.08. The quantitative estimate of drug-likeness (QED) is 0.940. The molecule has 20 heavy (non-hydrogen) atoms. The van der Waals surface area contributed by atoms with Crippen molar-refractivity contribution in [3.63, 3.8) is 0 Å². The Labute approximate surface area is 122 Å². The summed E-state index contributed by atoms with van der Waals surface area (Å²) in [7, 11) is 0. The molecule has 3 heterocycles. The van der Waals surface area contributed by atoms with Crippen LogP contribution in [-0.4, -0.2) is 22.0 Å². The maximum atomic E-state index is 12.2. The van der Waals surface area contributed by atoms with Gasteiger partial charge in [-0.3, -0.25) is 4.79 Å². The molecule has 1 atom stereocenters. The van der Waals surface area contributed by atoms with Crippen LogP contribution in [0.2, 0.25) is 0 Å². The molecule has 4 nitrogen and oxygen atoms in total. The molecule has 0 saturated carbocycles. The first kappa shape index (κ1) is 13.4. The van der Waals surface area contributed by atoms with Crippen LogP contribution in [0.15, 0.2) is 23.8 Å². The minimum absolute atomic E-state index is 0.0748. The highest BCUT2D eigenvalue weighted by atomic mass is 32.1. The van der Waals surface area contributed by atoms with E-state index < -0.39 is 0 Å². The van der Waals surface area contributed by atoms with E-state index in [1.54, 1.807) is 0 Å². The van der Waals surface area contributed by atoms with Crippen LogP contribution in [-0.2, 0) is 19.4 Å². The van der Waals surface area contributed by atoms with Gasteiger partial charge < -0.3 is 9.88 Å². The highest BCUT2D eigenvalue weighted by Gasteiger charge is 2.20. The first-order chi connectivity index (χ1) is 9.78. The highest BCUT2D eigenvalue weighted by molar-refractivity contribution is 7.12. The van der Waals surface area contributed by atoms with Crippen LogP contribution in [0.3, 0.4) is 0 Å². The lowest BCUT2D eigenvalue weighted by Gasteiger charge is -2.23. The summed E-state index contributed by atoms with van der Waals surface area (Å²) in [6, 6.07) is 2.04. The average Bonchev–Trinajstić information content (AvgIpc) is 3.12. The van der Waals surface area contributed by atoms with E-state index in [1.165, 1.54) is 11.3 Å². The summed E-state index contributed by atoms with van der Waals surface area (Å²) in [4.78, 5) is 17.4. The highest BCUT2D eigenvalue weighted by Crippen LogP contribution is 2.20. The molecule has 1 aliphatic heterocycles. The van der Waals surface area contributed by atoms with E-state index in [2.05, 4.69) is 21.8 Å². The van der Waals surface area contributed by atoms with E-state index in [9.17, 15) is 4.79 Å². The number of carbonyl (C=O) groups is 1. The van der Waals surface area contributed by atoms with Crippen molar-refractivity contribution >= 4 is 17.2 Å². The van der Waals surface area contributed by atoms with Crippen molar-refractivity contribution in [1.82, 2.24) is 14.9 Å². The van der Waals surface area contributed by atoms with Gasteiger partial charge in [-0.05, 0) is 35.8 Å². The average molecular weight is 289 g/mol. The number of aryl methyl sites for hydroxylation is 2. The van der Waals surface area contributed by atoms with Crippen molar-refractivity contribution < 1.29 is 4.79 Å². The van der Waals surface area contributed by atoms with Gasteiger partial charge in [0.05, 0.1) is 4.88 Å². The van der Waals surface area contributed by atoms with Gasteiger partial charge in [0, 0.05) is 31.9 Å². The van der Waals surface area contributed by atoms with Crippen LogP contribution >= 0.6 is 11.3 Å². The minimum Gasteiger partial charge on any atom is -0.351 e. The van der Waals surface area contributed by atoms with E-state index in [0.717, 1.165) is 48.6 Å². The molecule has 2 aromatic heterocycles. The summed E-state index contributed by atoms with van der Waals surface area (Å²) in [6.07, 6.45) is 6.86. The second-order valence-corrected chi connectivity index (χ2v) is 6.15. The molecule has 0 bridgehead atoms. The molecule has 0 aromatic carbocycles. The van der Waals surface area contributed by atoms with Crippen LogP contribution < -0.4 is 5.32 Å². The third-order valence-electron chi connectivity index (χ3n) is 3.94. The number of aromatic nitrogens is 2. The number of rotatable bonds is 4. The van der Waals surface area contributed by atoms with Gasteiger partial charge in [-0.25, -0.2) is 4.98 Å². The van der Waals surface area contributed by atoms with E-state index in [1.807, 2.05) is 23.8 Å². The molecule has 0 spiro atoms. The number of thiophene rings is 1. The Morgan fingerprint density at radius 2 is 2.50 bits per heavy atom. The number of hydrogen-bond donors (Lipinski definition) is 1. The van der Waals surface area contributed by atoms with Crippen molar-refractivity contribution in [2.45, 2.75) is 32.7 Å². The molecule has 3 rings (SSSR count). The zero-order chi connectivity index (χ0) is 13.9. The van der Waals surface area contributed by atoms with Gasteiger partial charge in [-0.1, -0.05) is 6.92 Å². The van der Waals surface area contributed by atoms with Crippen molar-refractivity contribution in [3.05, 3.63) is 40.1 Å². The Balaban J connectivity index is 1.57. The molecule has 2 aromatic rings. The molecule has 0 radical (unpaired) electrons. The lowest BCUT2D eigenvalue weighted by atomic mass is 9.98. The Hall–Kier alpha value is -1.62. The molecule has 1 aliphatic rings. The minimum atomic E-state index is 0.0748. The molecule has 0 aliphatic carbocycles. The topological polar surface area (TPSA) is 46.9 Å². The first-order valence-electron chi connectivity index (χ1n) is 7.12. The van der Waals surface area contributed by atoms with Crippen LogP contribution in [0.4, 0.5) is 0 Å². The summed E-state index contributed by atoms with van der Waals surface area (Å²) in [5.41, 5.74) is 1.15. The van der Waals surface area contributed by atoms with Crippen molar-refractivity contribution in [2.75, 3.05) is 6.54 Å². The van der Waals surface area contributed by atoms with Crippen molar-refractivity contribution in [2.24, 2.45) is 5.92 Å². The Morgan fingerprint density at radius 3 is 3.35 bits per heavy atom. The zero-order valence-electron chi connectivity index (χ0n) is 11.6. The van der Waals surface area contributed by atoms with E-state index in [0.29, 0.717) is 5.92 Å². The summed E-state index contributed by atoms with van der Waals surface area (Å²) < 4.78 is 2.20. The maximum Gasteiger partial charge on any atom is 0.261 e. The third-order valence-corrected chi connectivity index (χ3v) is 4.89. The number of nitrogens with one attached hydrogen (secondary N) is 1. The van der Waals surface area contributed by atoms with Gasteiger partial charge in [-0.2, -0.15) is 0 Å². The van der Waals surface area contributed by atoms with E-state index in [-0.39, 0.29) is 5.91 Å². The molecule has 0 fully saturated rings. The van der Waals surface area contributed by atoms with Crippen molar-refractivity contribution in [1.29, 1.82) is 0 Å². The number of imidazole rings is 1. The maximum absolute atomic E-state index is 12.2. The standard InChI is InChI=1S/C15H19N3OS/c1-2-12-4-8-20-14(12)15(19)17-10-11-3-6-18-7-5-16-13(18)9-11/h4-5,7-8,11H,2-3,6,9-10H2,1H3,(H,17,19). The van der Waals surface area contributed by atoms with Crippen LogP contribution in [0, 0.1) is 5.92 Å². The van der Waals surface area contributed by atoms with Gasteiger partial charge in [0.15, 0.2) is 0 Å². The molecule has 1 unspecified atom stereocenters. The fourth-order valence-electron chi connectivity index (χ4n) is 2.72. The largest absolute Gasteiger partial charge is 0.351 e. The van der Waals surface area contributed by atoms with Gasteiger partial charge in [0.25, 0.3) is 5.91 Å². The number of nitrogens with zero attached hydrogens (tertiary/aromatic N) is 2. The SMILES string of the molecule is CCc1ccsc1C(=O)NCC1CCn2ccnc2C1. The number of amides is 1. The Morgan fingerprint density at radius 1 is 1.60 bits per heavy atom. The number of fused-ring (bicyclic) bond motifs is 1. The molecular formula is C15H19N3OS. The summed E-state index contributed by atoms with van der Waals surface area (Å²) in [6.45, 7) is 3.83. The third kappa shape index (κ3) is 2.63. The molecule has 0 saturated heterocycles. The first-order valence-corrected chi connectivity index (χ1v) is 8.00. The lowest BCUT2D eigenvalue weighted by molar-refractivity contribution is 0.0948. The van der Waals surface area contributed by atoms with Crippen LogP contribution in [0.1, 0.15) is 34.4 Å². The molecule has 1 amide bonds. The molecule has 1 N–H and O–H groups in total. The van der Waals surface area contributed by atoms with E-state index >= 15 is 0 Å². The van der Waals surface area contributed by atoms with E-state index in [4.69, 9.17) is 0 Å². The Kier molecular flexibility index (Phi) is 3.87. The van der Waals surface area contributed by atoms with Gasteiger partial charge in [-0.15, -0.1) is 11.3 Å². The number of carbonyl (C=O) groups excluding carboxylic acids is 1. The Bertz CT molecular complexity index is 602. The summed E-state index contributed by atoms with van der Waals surface area (Å²) in [5.74, 6) is 1.71. The second kappa shape index (κ2) is 5.79. The normalized spacial score (nSPS) is 17.8. The molecule has 106 valence electrons. The fourth-order valence-corrected chi connectivity index (χ4v) is 3.63. The molecular weight excluding hydrogens is 270 g/mol. The summed E-state index contributed by atoms with van der Waals surface area (Å²) >= 11 is 1.53.